The van der Waals surface area contributed by atoms with Gasteiger partial charge in [-0.2, -0.15) is 0 Å². The molecule has 2 atom stereocenters. The van der Waals surface area contributed by atoms with E-state index in [0.29, 0.717) is 18.0 Å². The Morgan fingerprint density at radius 2 is 1.92 bits per heavy atom. The van der Waals surface area contributed by atoms with Crippen LogP contribution in [0.15, 0.2) is 35.7 Å². The van der Waals surface area contributed by atoms with Crippen molar-refractivity contribution in [1.82, 2.24) is 4.98 Å². The molecule has 1 fully saturated rings. The standard InChI is InChI=1S/C19H22N2O3S/c1-18(2)13(15(22)23)9-10-19(18,3)16(24)21-17-20-14(11-25-17)12-7-5-4-6-8-12/h4-8,11,13H,9-10H2,1-3H3,(H,22,23)(H,20,21,24)/p-1/t13-,19+/m1/s1. The number of aromatic nitrogens is 1. The van der Waals surface area contributed by atoms with Gasteiger partial charge in [0.05, 0.1) is 11.1 Å². The molecule has 0 saturated heterocycles. The van der Waals surface area contributed by atoms with E-state index in [1.54, 1.807) is 0 Å². The number of hydrogen-bond acceptors (Lipinski definition) is 5. The second-order valence-corrected chi connectivity index (χ2v) is 8.18. The van der Waals surface area contributed by atoms with Crippen LogP contribution in [-0.2, 0) is 9.59 Å². The van der Waals surface area contributed by atoms with Crippen molar-refractivity contribution >= 4 is 28.3 Å². The van der Waals surface area contributed by atoms with Gasteiger partial charge < -0.3 is 15.2 Å². The van der Waals surface area contributed by atoms with E-state index in [1.165, 1.54) is 11.3 Å². The zero-order valence-corrected chi connectivity index (χ0v) is 15.4. The normalized spacial score (nSPS) is 24.8. The maximum Gasteiger partial charge on any atom is 0.232 e. The third-order valence-corrected chi connectivity index (χ3v) is 6.56. The fourth-order valence-corrected chi connectivity index (χ4v) is 4.34. The number of aliphatic carboxylic acids is 1. The molecule has 1 N–H and O–H groups in total. The second-order valence-electron chi connectivity index (χ2n) is 7.32. The number of carbonyl (C=O) groups is 2. The van der Waals surface area contributed by atoms with Crippen molar-refractivity contribution in [3.63, 3.8) is 0 Å². The van der Waals surface area contributed by atoms with Crippen molar-refractivity contribution in [2.24, 2.45) is 16.7 Å². The van der Waals surface area contributed by atoms with Gasteiger partial charge >= 0.3 is 0 Å². The maximum absolute atomic E-state index is 12.9. The Bertz CT molecular complexity index is 800. The van der Waals surface area contributed by atoms with Gasteiger partial charge in [0.2, 0.25) is 5.91 Å². The highest BCUT2D eigenvalue weighted by atomic mass is 32.1. The number of nitrogens with one attached hydrogen (secondary N) is 1. The molecule has 6 heteroatoms. The predicted molar refractivity (Wildman–Crippen MR) is 95.8 cm³/mol. The topological polar surface area (TPSA) is 82.1 Å². The van der Waals surface area contributed by atoms with Gasteiger partial charge in [-0.25, -0.2) is 4.98 Å². The molecule has 25 heavy (non-hydrogen) atoms. The quantitative estimate of drug-likeness (QED) is 0.912. The largest absolute Gasteiger partial charge is 0.550 e. The Morgan fingerprint density at radius 3 is 2.52 bits per heavy atom. The van der Waals surface area contributed by atoms with Gasteiger partial charge in [-0.05, 0) is 18.3 Å². The minimum Gasteiger partial charge on any atom is -0.550 e. The van der Waals surface area contributed by atoms with Crippen molar-refractivity contribution in [3.8, 4) is 11.3 Å². The Kier molecular flexibility index (Phi) is 4.41. The van der Waals surface area contributed by atoms with Crippen LogP contribution in [0, 0.1) is 16.7 Å². The highest BCUT2D eigenvalue weighted by Crippen LogP contribution is 2.56. The lowest BCUT2D eigenvalue weighted by Gasteiger charge is -2.40. The number of carboxylic acid groups (broad SMARTS) is 1. The summed E-state index contributed by atoms with van der Waals surface area (Å²) in [5, 5.41) is 16.7. The van der Waals surface area contributed by atoms with Gasteiger partial charge in [0.1, 0.15) is 0 Å². The maximum atomic E-state index is 12.9. The van der Waals surface area contributed by atoms with Crippen molar-refractivity contribution in [3.05, 3.63) is 35.7 Å². The number of amides is 1. The molecular formula is C19H21N2O3S-. The minimum atomic E-state index is -1.08. The molecule has 0 aliphatic heterocycles. The predicted octanol–water partition coefficient (Wildman–Crippen LogP) is 2.94. The van der Waals surface area contributed by atoms with Gasteiger partial charge in [0.25, 0.3) is 0 Å². The van der Waals surface area contributed by atoms with Gasteiger partial charge in [0.15, 0.2) is 5.13 Å². The van der Waals surface area contributed by atoms with E-state index >= 15 is 0 Å². The van der Waals surface area contributed by atoms with E-state index in [-0.39, 0.29) is 5.91 Å². The Morgan fingerprint density at radius 1 is 1.24 bits per heavy atom. The van der Waals surface area contributed by atoms with Gasteiger partial charge in [0, 0.05) is 22.8 Å². The molecule has 1 saturated carbocycles. The fraction of sp³-hybridized carbons (Fsp3) is 0.421. The molecule has 1 aromatic carbocycles. The molecule has 1 heterocycles. The van der Waals surface area contributed by atoms with Crippen molar-refractivity contribution < 1.29 is 14.7 Å². The smallest absolute Gasteiger partial charge is 0.232 e. The summed E-state index contributed by atoms with van der Waals surface area (Å²) in [5.41, 5.74) is 0.333. The molecule has 2 aromatic rings. The van der Waals surface area contributed by atoms with E-state index in [2.05, 4.69) is 10.3 Å². The van der Waals surface area contributed by atoms with Gasteiger partial charge in [-0.15, -0.1) is 11.3 Å². The molecule has 0 spiro atoms. The SMILES string of the molecule is CC1(C)[C@@H](C(=O)[O-])CC[C@@]1(C)C(=O)Nc1nc(-c2ccccc2)cs1. The first-order valence-electron chi connectivity index (χ1n) is 8.29. The summed E-state index contributed by atoms with van der Waals surface area (Å²) in [5.74, 6) is -1.89. The van der Waals surface area contributed by atoms with E-state index in [9.17, 15) is 14.7 Å². The zero-order chi connectivity index (χ0) is 18.2. The first kappa shape index (κ1) is 17.6. The lowest BCUT2D eigenvalue weighted by atomic mass is 9.65. The van der Waals surface area contributed by atoms with Crippen LogP contribution < -0.4 is 10.4 Å². The van der Waals surface area contributed by atoms with Gasteiger partial charge in [-0.3, -0.25) is 4.79 Å². The molecule has 1 aromatic heterocycles. The Labute approximate surface area is 151 Å². The fourth-order valence-electron chi connectivity index (χ4n) is 3.63. The van der Waals surface area contributed by atoms with Crippen LogP contribution in [-0.4, -0.2) is 16.9 Å². The van der Waals surface area contributed by atoms with E-state index in [4.69, 9.17) is 0 Å². The molecule has 0 radical (unpaired) electrons. The molecular weight excluding hydrogens is 336 g/mol. The summed E-state index contributed by atoms with van der Waals surface area (Å²) in [4.78, 5) is 28.8. The zero-order valence-electron chi connectivity index (χ0n) is 14.5. The molecule has 0 bridgehead atoms. The highest BCUT2D eigenvalue weighted by Gasteiger charge is 2.56. The lowest BCUT2D eigenvalue weighted by molar-refractivity contribution is -0.314. The number of hydrogen-bond donors (Lipinski definition) is 1. The number of carbonyl (C=O) groups excluding carboxylic acids is 2. The average molecular weight is 357 g/mol. The monoisotopic (exact) mass is 357 g/mol. The molecule has 0 unspecified atom stereocenters. The minimum absolute atomic E-state index is 0.185. The molecule has 3 rings (SSSR count). The van der Waals surface area contributed by atoms with Crippen LogP contribution in [0.5, 0.6) is 0 Å². The number of nitrogens with zero attached hydrogens (tertiary/aromatic N) is 1. The number of benzene rings is 1. The van der Waals surface area contributed by atoms with Gasteiger partial charge in [-0.1, -0.05) is 51.1 Å². The summed E-state index contributed by atoms with van der Waals surface area (Å²) < 4.78 is 0. The first-order chi connectivity index (χ1) is 11.8. The molecule has 5 nitrogen and oxygen atoms in total. The number of carboxylic acids is 1. The molecule has 132 valence electrons. The van der Waals surface area contributed by atoms with Crippen LogP contribution in [0.1, 0.15) is 33.6 Å². The number of anilines is 1. The van der Waals surface area contributed by atoms with Crippen molar-refractivity contribution in [1.29, 1.82) is 0 Å². The Balaban J connectivity index is 1.79. The summed E-state index contributed by atoms with van der Waals surface area (Å²) in [6.45, 7) is 5.49. The van der Waals surface area contributed by atoms with E-state index in [1.807, 2.05) is 56.5 Å². The van der Waals surface area contributed by atoms with Crippen LogP contribution in [0.25, 0.3) is 11.3 Å². The second kappa shape index (κ2) is 6.26. The van der Waals surface area contributed by atoms with E-state index < -0.39 is 22.7 Å². The van der Waals surface area contributed by atoms with Crippen molar-refractivity contribution in [2.45, 2.75) is 33.6 Å². The lowest BCUT2D eigenvalue weighted by Crippen LogP contribution is -2.47. The highest BCUT2D eigenvalue weighted by molar-refractivity contribution is 7.14. The summed E-state index contributed by atoms with van der Waals surface area (Å²) in [6, 6.07) is 9.75. The molecule has 1 aliphatic carbocycles. The molecule has 1 amide bonds. The van der Waals surface area contributed by atoms with Crippen LogP contribution in [0.3, 0.4) is 0 Å². The van der Waals surface area contributed by atoms with Crippen LogP contribution in [0.4, 0.5) is 5.13 Å². The Hall–Kier alpha value is -2.21. The first-order valence-corrected chi connectivity index (χ1v) is 9.17. The van der Waals surface area contributed by atoms with Crippen molar-refractivity contribution in [2.75, 3.05) is 5.32 Å². The molecule has 1 aliphatic rings. The summed E-state index contributed by atoms with van der Waals surface area (Å²) in [6.07, 6.45) is 0.966. The van der Waals surface area contributed by atoms with Crippen LogP contribution >= 0.6 is 11.3 Å². The average Bonchev–Trinajstić information content (AvgIpc) is 3.12. The third-order valence-electron chi connectivity index (χ3n) is 5.81. The third kappa shape index (κ3) is 2.95. The van der Waals surface area contributed by atoms with Crippen LogP contribution in [0.2, 0.25) is 0 Å². The number of thiazole rings is 1. The van der Waals surface area contributed by atoms with E-state index in [0.717, 1.165) is 11.3 Å². The summed E-state index contributed by atoms with van der Waals surface area (Å²) in [7, 11) is 0. The summed E-state index contributed by atoms with van der Waals surface area (Å²) >= 11 is 1.37. The number of rotatable bonds is 4.